The van der Waals surface area contributed by atoms with Crippen LogP contribution >= 0.6 is 22.6 Å². The van der Waals surface area contributed by atoms with Gasteiger partial charge in [0.15, 0.2) is 11.5 Å². The second kappa shape index (κ2) is 5.95. The standard InChI is InChI=1S/C11H13IO5/c1-14-7-5-6(12)8(11(13)17-4)10(16-3)9(7)15-2/h5H,1-4H3. The summed E-state index contributed by atoms with van der Waals surface area (Å²) in [5, 5.41) is 0. The number of halogens is 1. The van der Waals surface area contributed by atoms with Gasteiger partial charge >= 0.3 is 5.97 Å². The largest absolute Gasteiger partial charge is 0.493 e. The van der Waals surface area contributed by atoms with Crippen molar-refractivity contribution in [1.29, 1.82) is 0 Å². The van der Waals surface area contributed by atoms with Gasteiger partial charge in [-0.05, 0) is 28.7 Å². The fourth-order valence-corrected chi connectivity index (χ4v) is 2.17. The second-order valence-electron chi connectivity index (χ2n) is 2.99. The molecule has 0 atom stereocenters. The number of carbonyl (C=O) groups is 1. The summed E-state index contributed by atoms with van der Waals surface area (Å²) in [7, 11) is 5.77. The molecule has 1 aromatic carbocycles. The van der Waals surface area contributed by atoms with Gasteiger partial charge in [-0.25, -0.2) is 4.79 Å². The van der Waals surface area contributed by atoms with Crippen LogP contribution in [-0.4, -0.2) is 34.4 Å². The maximum absolute atomic E-state index is 11.7. The topological polar surface area (TPSA) is 54.0 Å². The van der Waals surface area contributed by atoms with E-state index in [-0.39, 0.29) is 0 Å². The van der Waals surface area contributed by atoms with E-state index < -0.39 is 5.97 Å². The Morgan fingerprint density at radius 2 is 1.65 bits per heavy atom. The Labute approximate surface area is 113 Å². The molecular weight excluding hydrogens is 339 g/mol. The third-order valence-electron chi connectivity index (χ3n) is 2.17. The molecule has 17 heavy (non-hydrogen) atoms. The number of carbonyl (C=O) groups excluding carboxylic acids is 1. The molecule has 6 heteroatoms. The molecule has 0 amide bonds. The van der Waals surface area contributed by atoms with E-state index >= 15 is 0 Å². The van der Waals surface area contributed by atoms with E-state index in [0.717, 1.165) is 0 Å². The minimum absolute atomic E-state index is 0.308. The van der Waals surface area contributed by atoms with E-state index in [2.05, 4.69) is 0 Å². The van der Waals surface area contributed by atoms with Gasteiger partial charge in [0.1, 0.15) is 5.56 Å². The minimum atomic E-state index is -0.479. The Bertz CT molecular complexity index is 430. The van der Waals surface area contributed by atoms with Gasteiger partial charge < -0.3 is 18.9 Å². The quantitative estimate of drug-likeness (QED) is 0.614. The highest BCUT2D eigenvalue weighted by Gasteiger charge is 2.24. The molecule has 0 N–H and O–H groups in total. The van der Waals surface area contributed by atoms with Crippen molar-refractivity contribution in [1.82, 2.24) is 0 Å². The fraction of sp³-hybridized carbons (Fsp3) is 0.364. The van der Waals surface area contributed by atoms with Gasteiger partial charge in [-0.3, -0.25) is 0 Å². The molecule has 0 bridgehead atoms. The van der Waals surface area contributed by atoms with Crippen LogP contribution in [0.4, 0.5) is 0 Å². The molecule has 1 rings (SSSR count). The molecule has 0 saturated carbocycles. The molecule has 0 unspecified atom stereocenters. The van der Waals surface area contributed by atoms with Gasteiger partial charge in [-0.1, -0.05) is 0 Å². The SMILES string of the molecule is COC(=O)c1c(I)cc(OC)c(OC)c1OC. The monoisotopic (exact) mass is 352 g/mol. The molecule has 0 aliphatic carbocycles. The predicted molar refractivity (Wildman–Crippen MR) is 70.2 cm³/mol. The van der Waals surface area contributed by atoms with Crippen LogP contribution in [0.2, 0.25) is 0 Å². The van der Waals surface area contributed by atoms with Gasteiger partial charge in [0.25, 0.3) is 0 Å². The Morgan fingerprint density at radius 3 is 2.06 bits per heavy atom. The lowest BCUT2D eigenvalue weighted by atomic mass is 10.1. The zero-order valence-corrected chi connectivity index (χ0v) is 12.2. The van der Waals surface area contributed by atoms with Crippen LogP contribution in [0.3, 0.4) is 0 Å². The summed E-state index contributed by atoms with van der Waals surface area (Å²) in [5.74, 6) is 0.701. The van der Waals surface area contributed by atoms with E-state index in [1.165, 1.54) is 28.4 Å². The van der Waals surface area contributed by atoms with E-state index in [1.807, 2.05) is 22.6 Å². The molecule has 1 aromatic rings. The molecule has 0 saturated heterocycles. The highest BCUT2D eigenvalue weighted by atomic mass is 127. The Hall–Kier alpha value is -1.18. The number of benzene rings is 1. The van der Waals surface area contributed by atoms with Crippen molar-refractivity contribution >= 4 is 28.6 Å². The molecule has 0 aliphatic heterocycles. The number of hydrogen-bond donors (Lipinski definition) is 0. The van der Waals surface area contributed by atoms with Crippen molar-refractivity contribution in [2.45, 2.75) is 0 Å². The maximum atomic E-state index is 11.7. The first kappa shape index (κ1) is 13.9. The summed E-state index contributed by atoms with van der Waals surface area (Å²) < 4.78 is 20.9. The third-order valence-corrected chi connectivity index (χ3v) is 3.02. The number of methoxy groups -OCH3 is 4. The molecule has 0 fully saturated rings. The van der Waals surface area contributed by atoms with Crippen molar-refractivity contribution in [3.63, 3.8) is 0 Å². The Morgan fingerprint density at radius 1 is 1.06 bits per heavy atom. The third kappa shape index (κ3) is 2.56. The number of hydrogen-bond acceptors (Lipinski definition) is 5. The van der Waals surface area contributed by atoms with Gasteiger partial charge in [0.2, 0.25) is 5.75 Å². The minimum Gasteiger partial charge on any atom is -0.493 e. The first-order valence-corrected chi connectivity index (χ1v) is 5.75. The summed E-state index contributed by atoms with van der Waals surface area (Å²) in [6.45, 7) is 0. The van der Waals surface area contributed by atoms with E-state index in [0.29, 0.717) is 26.4 Å². The summed E-state index contributed by atoms with van der Waals surface area (Å²) >= 11 is 2.01. The van der Waals surface area contributed by atoms with Crippen molar-refractivity contribution in [3.05, 3.63) is 15.2 Å². The Balaban J connectivity index is 3.54. The van der Waals surface area contributed by atoms with Crippen molar-refractivity contribution in [3.8, 4) is 17.2 Å². The molecule has 5 nitrogen and oxygen atoms in total. The van der Waals surface area contributed by atoms with Crippen LogP contribution in [0.25, 0.3) is 0 Å². The molecular formula is C11H13IO5. The molecule has 0 aromatic heterocycles. The zero-order chi connectivity index (χ0) is 13.0. The summed E-state index contributed by atoms with van der Waals surface area (Å²) in [6, 6.07) is 1.69. The molecule has 0 heterocycles. The number of ether oxygens (including phenoxy) is 4. The summed E-state index contributed by atoms with van der Waals surface area (Å²) in [4.78, 5) is 11.7. The smallest absolute Gasteiger partial charge is 0.342 e. The van der Waals surface area contributed by atoms with Crippen LogP contribution in [0.1, 0.15) is 10.4 Å². The summed E-state index contributed by atoms with van der Waals surface area (Å²) in [6.07, 6.45) is 0. The van der Waals surface area contributed by atoms with Gasteiger partial charge in [0.05, 0.1) is 28.4 Å². The number of rotatable bonds is 4. The lowest BCUT2D eigenvalue weighted by molar-refractivity contribution is 0.0595. The van der Waals surface area contributed by atoms with Crippen molar-refractivity contribution < 1.29 is 23.7 Å². The molecule has 0 spiro atoms. The van der Waals surface area contributed by atoms with Crippen LogP contribution in [0.5, 0.6) is 17.2 Å². The second-order valence-corrected chi connectivity index (χ2v) is 4.16. The van der Waals surface area contributed by atoms with Crippen LogP contribution in [-0.2, 0) is 4.74 Å². The molecule has 0 radical (unpaired) electrons. The predicted octanol–water partition coefficient (Wildman–Crippen LogP) is 2.10. The summed E-state index contributed by atoms with van der Waals surface area (Å²) in [5.41, 5.74) is 0.327. The van der Waals surface area contributed by atoms with Gasteiger partial charge in [-0.15, -0.1) is 0 Å². The first-order chi connectivity index (χ1) is 8.10. The highest BCUT2D eigenvalue weighted by molar-refractivity contribution is 14.1. The van der Waals surface area contributed by atoms with Gasteiger partial charge in [-0.2, -0.15) is 0 Å². The highest BCUT2D eigenvalue weighted by Crippen LogP contribution is 2.42. The molecule has 0 aliphatic rings. The van der Waals surface area contributed by atoms with E-state index in [9.17, 15) is 4.79 Å². The van der Waals surface area contributed by atoms with E-state index in [1.54, 1.807) is 6.07 Å². The lowest BCUT2D eigenvalue weighted by Crippen LogP contribution is -2.08. The lowest BCUT2D eigenvalue weighted by Gasteiger charge is -2.16. The average Bonchev–Trinajstić information content (AvgIpc) is 2.36. The maximum Gasteiger partial charge on any atom is 0.342 e. The van der Waals surface area contributed by atoms with Crippen molar-refractivity contribution in [2.24, 2.45) is 0 Å². The van der Waals surface area contributed by atoms with Crippen LogP contribution in [0, 0.1) is 3.57 Å². The average molecular weight is 352 g/mol. The van der Waals surface area contributed by atoms with Crippen molar-refractivity contribution in [2.75, 3.05) is 28.4 Å². The van der Waals surface area contributed by atoms with E-state index in [4.69, 9.17) is 18.9 Å². The molecule has 94 valence electrons. The normalized spacial score (nSPS) is 9.71. The fourth-order valence-electron chi connectivity index (χ4n) is 1.42. The number of esters is 1. The van der Waals surface area contributed by atoms with Crippen LogP contribution in [0.15, 0.2) is 6.07 Å². The van der Waals surface area contributed by atoms with Crippen LogP contribution < -0.4 is 14.2 Å². The first-order valence-electron chi connectivity index (χ1n) is 4.67. The van der Waals surface area contributed by atoms with Gasteiger partial charge in [0, 0.05) is 3.57 Å². The zero-order valence-electron chi connectivity index (χ0n) is 10.00. The Kier molecular flexibility index (Phi) is 4.86.